The van der Waals surface area contributed by atoms with Crippen LogP contribution in [-0.2, 0) is 24.3 Å². The van der Waals surface area contributed by atoms with E-state index in [0.29, 0.717) is 11.4 Å². The number of hydrogen-bond acceptors (Lipinski definition) is 7. The van der Waals surface area contributed by atoms with E-state index in [4.69, 9.17) is 22.1 Å². The summed E-state index contributed by atoms with van der Waals surface area (Å²) in [7, 11) is -3.92. The number of amides is 2. The fourth-order valence-electron chi connectivity index (χ4n) is 3.00. The lowest BCUT2D eigenvalue weighted by Gasteiger charge is -2.22. The number of nitrogens with zero attached hydrogens (tertiary/aromatic N) is 1. The molecule has 0 aliphatic carbocycles. The fourth-order valence-corrected chi connectivity index (χ4v) is 5.58. The number of primary amides is 1. The lowest BCUT2D eigenvalue weighted by atomic mass is 10.2. The van der Waals surface area contributed by atoms with Crippen LogP contribution in [0.4, 0.5) is 5.00 Å². The van der Waals surface area contributed by atoms with Gasteiger partial charge in [-0.1, -0.05) is 11.6 Å². The summed E-state index contributed by atoms with van der Waals surface area (Å²) in [6.45, 7) is -0.464. The molecular formula is C18H18ClN3O6S2. The number of nitrogens with one attached hydrogen (secondary N) is 1. The smallest absolute Gasteiger partial charge is 0.324 e. The predicted molar refractivity (Wildman–Crippen MR) is 111 cm³/mol. The second kappa shape index (κ2) is 9.13. The Balaban J connectivity index is 1.63. The van der Waals surface area contributed by atoms with Gasteiger partial charge in [0.25, 0.3) is 11.8 Å². The SMILES string of the molecule is NC(=O)c1ccsc1NC(=O)COC(=O)C1CCCN1S(=O)(=O)c1ccc(Cl)cc1. The number of hydrogen-bond donors (Lipinski definition) is 2. The number of sulfonamides is 1. The lowest BCUT2D eigenvalue weighted by molar-refractivity contribution is -0.150. The molecule has 1 aliphatic rings. The molecule has 1 aromatic heterocycles. The van der Waals surface area contributed by atoms with Crippen LogP contribution in [0.15, 0.2) is 40.6 Å². The Morgan fingerprint density at radius 3 is 2.60 bits per heavy atom. The minimum atomic E-state index is -3.92. The van der Waals surface area contributed by atoms with Crippen molar-refractivity contribution in [1.29, 1.82) is 0 Å². The van der Waals surface area contributed by atoms with Crippen LogP contribution < -0.4 is 11.1 Å². The Labute approximate surface area is 181 Å². The van der Waals surface area contributed by atoms with Crippen molar-refractivity contribution in [3.63, 3.8) is 0 Å². The quantitative estimate of drug-likeness (QED) is 0.591. The van der Waals surface area contributed by atoms with Gasteiger partial charge in [-0.3, -0.25) is 14.4 Å². The summed E-state index contributed by atoms with van der Waals surface area (Å²) in [5.41, 5.74) is 5.36. The maximum absolute atomic E-state index is 12.9. The van der Waals surface area contributed by atoms with Crippen LogP contribution in [0.25, 0.3) is 0 Å². The highest BCUT2D eigenvalue weighted by Gasteiger charge is 2.40. The van der Waals surface area contributed by atoms with Crippen LogP contribution in [0, 0.1) is 0 Å². The van der Waals surface area contributed by atoms with Gasteiger partial charge in [-0.05, 0) is 48.6 Å². The molecule has 3 N–H and O–H groups in total. The van der Waals surface area contributed by atoms with Gasteiger partial charge in [-0.2, -0.15) is 4.31 Å². The molecule has 160 valence electrons. The molecule has 0 bridgehead atoms. The molecule has 0 radical (unpaired) electrons. The standard InChI is InChI=1S/C18H18ClN3O6S2/c19-11-3-5-12(6-4-11)30(26,27)22-8-1-2-14(22)18(25)28-10-15(23)21-17-13(16(20)24)7-9-29-17/h3-7,9,14H,1-2,8,10H2,(H2,20,24)(H,21,23). The molecule has 0 spiro atoms. The summed E-state index contributed by atoms with van der Waals surface area (Å²) < 4.78 is 31.8. The second-order valence-electron chi connectivity index (χ2n) is 6.41. The van der Waals surface area contributed by atoms with Gasteiger partial charge in [0, 0.05) is 11.6 Å². The minimum Gasteiger partial charge on any atom is -0.454 e. The highest BCUT2D eigenvalue weighted by atomic mass is 35.5. The highest BCUT2D eigenvalue weighted by Crippen LogP contribution is 2.28. The molecule has 1 saturated heterocycles. The average Bonchev–Trinajstić information content (AvgIpc) is 3.36. The van der Waals surface area contributed by atoms with Gasteiger partial charge in [0.2, 0.25) is 10.0 Å². The first kappa shape index (κ1) is 22.2. The number of benzene rings is 1. The van der Waals surface area contributed by atoms with Gasteiger partial charge in [-0.25, -0.2) is 8.42 Å². The van der Waals surface area contributed by atoms with E-state index in [2.05, 4.69) is 5.32 Å². The van der Waals surface area contributed by atoms with Gasteiger partial charge >= 0.3 is 5.97 Å². The minimum absolute atomic E-state index is 0.0148. The zero-order valence-electron chi connectivity index (χ0n) is 15.5. The van der Waals surface area contributed by atoms with Crippen LogP contribution >= 0.6 is 22.9 Å². The Morgan fingerprint density at radius 2 is 1.93 bits per heavy atom. The predicted octanol–water partition coefficient (Wildman–Crippen LogP) is 1.84. The van der Waals surface area contributed by atoms with E-state index < -0.39 is 40.5 Å². The molecule has 1 aliphatic heterocycles. The molecule has 30 heavy (non-hydrogen) atoms. The second-order valence-corrected chi connectivity index (χ2v) is 9.65. The van der Waals surface area contributed by atoms with Crippen molar-refractivity contribution < 1.29 is 27.5 Å². The molecule has 1 aromatic carbocycles. The van der Waals surface area contributed by atoms with Crippen LogP contribution in [0.2, 0.25) is 5.02 Å². The summed E-state index contributed by atoms with van der Waals surface area (Å²) in [6, 6.07) is 6.07. The lowest BCUT2D eigenvalue weighted by Crippen LogP contribution is -2.42. The number of thiophene rings is 1. The average molecular weight is 472 g/mol. The van der Waals surface area contributed by atoms with Crippen LogP contribution in [0.3, 0.4) is 0 Å². The number of carbonyl (C=O) groups is 3. The van der Waals surface area contributed by atoms with E-state index in [1.165, 1.54) is 30.3 Å². The number of nitrogens with two attached hydrogens (primary N) is 1. The molecule has 12 heteroatoms. The van der Waals surface area contributed by atoms with E-state index in [1.54, 1.807) is 5.38 Å². The maximum Gasteiger partial charge on any atom is 0.324 e. The van der Waals surface area contributed by atoms with Crippen molar-refractivity contribution in [2.75, 3.05) is 18.5 Å². The van der Waals surface area contributed by atoms with E-state index in [0.717, 1.165) is 15.6 Å². The van der Waals surface area contributed by atoms with E-state index in [-0.39, 0.29) is 28.4 Å². The number of rotatable bonds is 7. The molecule has 2 heterocycles. The number of halogens is 1. The topological polar surface area (TPSA) is 136 Å². The van der Waals surface area contributed by atoms with Crippen molar-refractivity contribution in [2.24, 2.45) is 5.73 Å². The molecular weight excluding hydrogens is 454 g/mol. The highest BCUT2D eigenvalue weighted by molar-refractivity contribution is 7.89. The molecule has 1 unspecified atom stereocenters. The Morgan fingerprint density at radius 1 is 1.23 bits per heavy atom. The van der Waals surface area contributed by atoms with Gasteiger partial charge in [0.15, 0.2) is 6.61 Å². The zero-order chi connectivity index (χ0) is 21.9. The van der Waals surface area contributed by atoms with Crippen molar-refractivity contribution in [3.05, 3.63) is 46.3 Å². The van der Waals surface area contributed by atoms with Crippen molar-refractivity contribution >= 4 is 55.7 Å². The summed E-state index contributed by atoms with van der Waals surface area (Å²) in [5, 5.41) is 4.67. The summed E-state index contributed by atoms with van der Waals surface area (Å²) in [6.07, 6.45) is 0.764. The number of esters is 1. The van der Waals surface area contributed by atoms with Crippen molar-refractivity contribution in [1.82, 2.24) is 4.31 Å². The Hall–Kier alpha value is -2.47. The number of carbonyl (C=O) groups excluding carboxylic acids is 3. The van der Waals surface area contributed by atoms with E-state index >= 15 is 0 Å². The molecule has 0 saturated carbocycles. The summed E-state index contributed by atoms with van der Waals surface area (Å²) in [5.74, 6) is -2.18. The van der Waals surface area contributed by atoms with Gasteiger partial charge in [0.05, 0.1) is 10.5 Å². The first-order chi connectivity index (χ1) is 14.2. The van der Waals surface area contributed by atoms with E-state index in [9.17, 15) is 22.8 Å². The summed E-state index contributed by atoms with van der Waals surface area (Å²) >= 11 is 6.90. The summed E-state index contributed by atoms with van der Waals surface area (Å²) in [4.78, 5) is 35.8. The zero-order valence-corrected chi connectivity index (χ0v) is 17.9. The Kier molecular flexibility index (Phi) is 6.76. The van der Waals surface area contributed by atoms with Crippen molar-refractivity contribution in [2.45, 2.75) is 23.8 Å². The maximum atomic E-state index is 12.9. The largest absolute Gasteiger partial charge is 0.454 e. The van der Waals surface area contributed by atoms with Crippen LogP contribution in [0.1, 0.15) is 23.2 Å². The molecule has 3 rings (SSSR count). The van der Waals surface area contributed by atoms with Gasteiger partial charge in [0.1, 0.15) is 11.0 Å². The normalized spacial score (nSPS) is 16.9. The monoisotopic (exact) mass is 471 g/mol. The molecule has 1 atom stereocenters. The number of ether oxygens (including phenoxy) is 1. The third-order valence-electron chi connectivity index (χ3n) is 4.43. The molecule has 1 fully saturated rings. The first-order valence-electron chi connectivity index (χ1n) is 8.81. The molecule has 9 nitrogen and oxygen atoms in total. The third kappa shape index (κ3) is 4.81. The van der Waals surface area contributed by atoms with Crippen LogP contribution in [0.5, 0.6) is 0 Å². The van der Waals surface area contributed by atoms with Gasteiger partial charge < -0.3 is 15.8 Å². The fraction of sp³-hybridized carbons (Fsp3) is 0.278. The molecule has 2 aromatic rings. The third-order valence-corrected chi connectivity index (χ3v) is 7.43. The first-order valence-corrected chi connectivity index (χ1v) is 11.5. The number of anilines is 1. The van der Waals surface area contributed by atoms with Crippen molar-refractivity contribution in [3.8, 4) is 0 Å². The van der Waals surface area contributed by atoms with Crippen LogP contribution in [-0.4, -0.2) is 49.7 Å². The van der Waals surface area contributed by atoms with Gasteiger partial charge in [-0.15, -0.1) is 11.3 Å². The Bertz CT molecular complexity index is 1070. The van der Waals surface area contributed by atoms with E-state index in [1.807, 2.05) is 0 Å². The molecule has 2 amide bonds.